The topological polar surface area (TPSA) is 66.5 Å². The van der Waals surface area contributed by atoms with Crippen LogP contribution in [0.15, 0.2) is 22.7 Å². The van der Waals surface area contributed by atoms with Gasteiger partial charge in [-0.2, -0.15) is 0 Å². The highest BCUT2D eigenvalue weighted by Crippen LogP contribution is 2.17. The van der Waals surface area contributed by atoms with Crippen LogP contribution >= 0.6 is 15.9 Å². The molecule has 1 aliphatic heterocycles. The summed E-state index contributed by atoms with van der Waals surface area (Å²) in [5, 5.41) is 2.52. The lowest BCUT2D eigenvalue weighted by atomic mass is 10.0. The molecule has 0 radical (unpaired) electrons. The van der Waals surface area contributed by atoms with Crippen molar-refractivity contribution in [2.24, 2.45) is 0 Å². The van der Waals surface area contributed by atoms with Crippen LogP contribution in [0, 0.1) is 5.82 Å². The van der Waals surface area contributed by atoms with Crippen LogP contribution in [0.1, 0.15) is 23.2 Å². The first-order valence-corrected chi connectivity index (χ1v) is 6.75. The van der Waals surface area contributed by atoms with Gasteiger partial charge in [0.05, 0.1) is 4.47 Å². The number of amides is 3. The Morgan fingerprint density at radius 3 is 2.80 bits per heavy atom. The van der Waals surface area contributed by atoms with Gasteiger partial charge in [-0.05, 0) is 40.5 Å². The Kier molecular flexibility index (Phi) is 4.17. The number of hydrogen-bond acceptors (Lipinski definition) is 3. The van der Waals surface area contributed by atoms with E-state index in [1.165, 1.54) is 19.2 Å². The molecule has 1 fully saturated rings. The van der Waals surface area contributed by atoms with Crippen molar-refractivity contribution >= 4 is 33.7 Å². The predicted molar refractivity (Wildman–Crippen MR) is 72.4 cm³/mol. The van der Waals surface area contributed by atoms with Gasteiger partial charge in [0, 0.05) is 19.0 Å². The molecular weight excluding hydrogens is 331 g/mol. The second kappa shape index (κ2) is 5.70. The molecule has 1 aromatic rings. The minimum absolute atomic E-state index is 0.123. The van der Waals surface area contributed by atoms with Gasteiger partial charge < -0.3 is 5.32 Å². The Hall–Kier alpha value is -1.76. The van der Waals surface area contributed by atoms with Gasteiger partial charge in [-0.15, -0.1) is 0 Å². The Balaban J connectivity index is 2.09. The number of likely N-dealkylation sites (tertiary alicyclic amines) is 1. The molecular formula is C13H12BrFN2O3. The summed E-state index contributed by atoms with van der Waals surface area (Å²) in [7, 11) is 1.38. The first kappa shape index (κ1) is 14.6. The highest BCUT2D eigenvalue weighted by molar-refractivity contribution is 9.10. The summed E-state index contributed by atoms with van der Waals surface area (Å²) in [5.41, 5.74) is 0.123. The van der Waals surface area contributed by atoms with Gasteiger partial charge in [-0.1, -0.05) is 0 Å². The fourth-order valence-corrected chi connectivity index (χ4v) is 2.18. The Morgan fingerprint density at radius 2 is 2.15 bits per heavy atom. The van der Waals surface area contributed by atoms with E-state index in [2.05, 4.69) is 21.2 Å². The van der Waals surface area contributed by atoms with Crippen molar-refractivity contribution in [3.05, 3.63) is 34.1 Å². The molecule has 1 saturated heterocycles. The van der Waals surface area contributed by atoms with Gasteiger partial charge in [-0.25, -0.2) is 4.39 Å². The quantitative estimate of drug-likeness (QED) is 0.827. The summed E-state index contributed by atoms with van der Waals surface area (Å²) in [5.74, 6) is -1.82. The van der Waals surface area contributed by atoms with Crippen LogP contribution in [-0.2, 0) is 9.59 Å². The summed E-state index contributed by atoms with van der Waals surface area (Å²) >= 11 is 3.00. The molecule has 1 heterocycles. The van der Waals surface area contributed by atoms with Crippen LogP contribution in [0.5, 0.6) is 0 Å². The molecule has 1 unspecified atom stereocenters. The lowest BCUT2D eigenvalue weighted by Gasteiger charge is -2.28. The summed E-state index contributed by atoms with van der Waals surface area (Å²) in [6, 6.07) is 3.20. The van der Waals surface area contributed by atoms with E-state index in [1.54, 1.807) is 0 Å². The zero-order chi connectivity index (χ0) is 14.9. The predicted octanol–water partition coefficient (Wildman–Crippen LogP) is 1.47. The number of hydrogen-bond donors (Lipinski definition) is 1. The van der Waals surface area contributed by atoms with Gasteiger partial charge in [0.15, 0.2) is 0 Å². The van der Waals surface area contributed by atoms with Crippen LogP contribution in [-0.4, -0.2) is 35.7 Å². The summed E-state index contributed by atoms with van der Waals surface area (Å²) in [4.78, 5) is 36.1. The third-order valence-electron chi connectivity index (χ3n) is 3.14. The van der Waals surface area contributed by atoms with Crippen LogP contribution < -0.4 is 5.32 Å². The van der Waals surface area contributed by atoms with Gasteiger partial charge in [0.2, 0.25) is 5.91 Å². The number of rotatable bonds is 2. The van der Waals surface area contributed by atoms with Crippen molar-refractivity contribution in [3.63, 3.8) is 0 Å². The third kappa shape index (κ3) is 2.87. The van der Waals surface area contributed by atoms with E-state index in [0.29, 0.717) is 0 Å². The lowest BCUT2D eigenvalue weighted by molar-refractivity contribution is -0.147. The molecule has 3 amide bonds. The Bertz CT molecular complexity index is 591. The van der Waals surface area contributed by atoms with Crippen molar-refractivity contribution < 1.29 is 18.8 Å². The van der Waals surface area contributed by atoms with Crippen LogP contribution in [0.2, 0.25) is 0 Å². The van der Waals surface area contributed by atoms with Crippen molar-refractivity contribution in [1.82, 2.24) is 10.2 Å². The Labute approximate surface area is 123 Å². The molecule has 0 aliphatic carbocycles. The molecule has 1 N–H and O–H groups in total. The van der Waals surface area contributed by atoms with E-state index >= 15 is 0 Å². The SMILES string of the molecule is CN1C(=O)CCC(NC(=O)c2ccc(Br)c(F)c2)C1=O. The second-order valence-corrected chi connectivity index (χ2v) is 5.34. The molecule has 106 valence electrons. The molecule has 20 heavy (non-hydrogen) atoms. The van der Waals surface area contributed by atoms with Crippen LogP contribution in [0.25, 0.3) is 0 Å². The fourth-order valence-electron chi connectivity index (χ4n) is 1.93. The van der Waals surface area contributed by atoms with Crippen LogP contribution in [0.4, 0.5) is 4.39 Å². The number of imide groups is 1. The molecule has 0 bridgehead atoms. The standard InChI is InChI=1S/C13H12BrFN2O3/c1-17-11(18)5-4-10(13(17)20)16-12(19)7-2-3-8(14)9(15)6-7/h2-3,6,10H,4-5H2,1H3,(H,16,19). The normalized spacial score (nSPS) is 19.1. The van der Waals surface area contributed by atoms with E-state index < -0.39 is 23.7 Å². The molecule has 2 rings (SSSR count). The summed E-state index contributed by atoms with van der Waals surface area (Å²) in [6.45, 7) is 0. The number of carbonyl (C=O) groups is 3. The van der Waals surface area contributed by atoms with Gasteiger partial charge >= 0.3 is 0 Å². The average molecular weight is 343 g/mol. The number of halogens is 2. The van der Waals surface area contributed by atoms with E-state index in [0.717, 1.165) is 11.0 Å². The van der Waals surface area contributed by atoms with Crippen LogP contribution in [0.3, 0.4) is 0 Å². The molecule has 5 nitrogen and oxygen atoms in total. The maximum atomic E-state index is 13.4. The number of nitrogens with one attached hydrogen (secondary N) is 1. The highest BCUT2D eigenvalue weighted by Gasteiger charge is 2.32. The highest BCUT2D eigenvalue weighted by atomic mass is 79.9. The summed E-state index contributed by atoms with van der Waals surface area (Å²) < 4.78 is 13.6. The minimum atomic E-state index is -0.753. The number of benzene rings is 1. The molecule has 0 aromatic heterocycles. The average Bonchev–Trinajstić information content (AvgIpc) is 2.42. The van der Waals surface area contributed by atoms with E-state index in [9.17, 15) is 18.8 Å². The van der Waals surface area contributed by atoms with Crippen molar-refractivity contribution in [1.29, 1.82) is 0 Å². The Morgan fingerprint density at radius 1 is 1.45 bits per heavy atom. The van der Waals surface area contributed by atoms with Crippen molar-refractivity contribution in [2.75, 3.05) is 7.05 Å². The van der Waals surface area contributed by atoms with Gasteiger partial charge in [0.1, 0.15) is 11.9 Å². The zero-order valence-electron chi connectivity index (χ0n) is 10.7. The maximum absolute atomic E-state index is 13.4. The van der Waals surface area contributed by atoms with Gasteiger partial charge in [-0.3, -0.25) is 19.3 Å². The second-order valence-electron chi connectivity index (χ2n) is 4.48. The minimum Gasteiger partial charge on any atom is -0.340 e. The zero-order valence-corrected chi connectivity index (χ0v) is 12.2. The smallest absolute Gasteiger partial charge is 0.252 e. The molecule has 1 aliphatic rings. The number of nitrogens with zero attached hydrogens (tertiary/aromatic N) is 1. The molecule has 7 heteroatoms. The molecule has 0 saturated carbocycles. The van der Waals surface area contributed by atoms with Crippen molar-refractivity contribution in [2.45, 2.75) is 18.9 Å². The fraction of sp³-hybridized carbons (Fsp3) is 0.308. The number of piperidine rings is 1. The van der Waals surface area contributed by atoms with Crippen molar-refractivity contribution in [3.8, 4) is 0 Å². The monoisotopic (exact) mass is 342 g/mol. The molecule has 0 spiro atoms. The van der Waals surface area contributed by atoms with E-state index in [4.69, 9.17) is 0 Å². The lowest BCUT2D eigenvalue weighted by Crippen LogP contribution is -2.52. The van der Waals surface area contributed by atoms with Gasteiger partial charge in [0.25, 0.3) is 11.8 Å². The number of carbonyl (C=O) groups excluding carboxylic acids is 3. The van der Waals surface area contributed by atoms with E-state index in [1.807, 2.05) is 0 Å². The molecule has 1 aromatic carbocycles. The third-order valence-corrected chi connectivity index (χ3v) is 3.78. The first-order valence-electron chi connectivity index (χ1n) is 5.96. The maximum Gasteiger partial charge on any atom is 0.252 e. The van der Waals surface area contributed by atoms with E-state index in [-0.39, 0.29) is 28.8 Å². The number of likely N-dealkylation sites (N-methyl/N-ethyl adjacent to an activating group) is 1. The summed E-state index contributed by atoms with van der Waals surface area (Å²) in [6.07, 6.45) is 0.453. The molecule has 1 atom stereocenters. The largest absolute Gasteiger partial charge is 0.340 e. The first-order chi connectivity index (χ1) is 9.40.